The number of rotatable bonds is 9. The maximum atomic E-state index is 12.8. The fourth-order valence-electron chi connectivity index (χ4n) is 2.89. The molecule has 0 bridgehead atoms. The topological polar surface area (TPSA) is 103 Å². The first-order valence-electron chi connectivity index (χ1n) is 9.62. The summed E-state index contributed by atoms with van der Waals surface area (Å²) in [6, 6.07) is 18.8. The van der Waals surface area contributed by atoms with E-state index in [1.165, 1.54) is 18.2 Å². The summed E-state index contributed by atoms with van der Waals surface area (Å²) in [5.74, 6) is 0.0251. The maximum Gasteiger partial charge on any atom is 0.293 e. The van der Waals surface area contributed by atoms with Gasteiger partial charge in [0.15, 0.2) is 0 Å². The van der Waals surface area contributed by atoms with Gasteiger partial charge in [-0.2, -0.15) is 0 Å². The first-order valence-corrected chi connectivity index (χ1v) is 9.62. The molecule has 0 atom stereocenters. The molecule has 0 saturated heterocycles. The Hall–Kier alpha value is -3.91. The van der Waals surface area contributed by atoms with Gasteiger partial charge in [-0.3, -0.25) is 14.9 Å². The Morgan fingerprint density at radius 2 is 1.74 bits per heavy atom. The fourth-order valence-corrected chi connectivity index (χ4v) is 2.89. The average Bonchev–Trinajstić information content (AvgIpc) is 2.76. The lowest BCUT2D eigenvalue weighted by molar-refractivity contribution is -0.383. The molecule has 0 aliphatic heterocycles. The molecule has 0 heterocycles. The summed E-state index contributed by atoms with van der Waals surface area (Å²) in [5, 5.41) is 17.4. The SMILES string of the molecule is COCCOc1cc(C)ccc1NC(=O)c1ccc(Nc2ccccc2)c([N+](=O)[O-])c1. The van der Waals surface area contributed by atoms with E-state index in [2.05, 4.69) is 10.6 Å². The first kappa shape index (κ1) is 21.8. The van der Waals surface area contributed by atoms with Gasteiger partial charge in [0.25, 0.3) is 11.6 Å². The highest BCUT2D eigenvalue weighted by molar-refractivity contribution is 6.06. The molecule has 8 nitrogen and oxygen atoms in total. The monoisotopic (exact) mass is 421 g/mol. The Labute approximate surface area is 180 Å². The van der Waals surface area contributed by atoms with Crippen molar-refractivity contribution in [3.8, 4) is 5.75 Å². The molecule has 8 heteroatoms. The molecule has 1 amide bonds. The van der Waals surface area contributed by atoms with Crippen LogP contribution < -0.4 is 15.4 Å². The highest BCUT2D eigenvalue weighted by Gasteiger charge is 2.19. The summed E-state index contributed by atoms with van der Waals surface area (Å²) < 4.78 is 10.7. The van der Waals surface area contributed by atoms with Crippen LogP contribution in [-0.2, 0) is 4.74 Å². The number of para-hydroxylation sites is 1. The van der Waals surface area contributed by atoms with E-state index in [1.54, 1.807) is 31.4 Å². The van der Waals surface area contributed by atoms with E-state index in [0.717, 1.165) is 5.56 Å². The third kappa shape index (κ3) is 5.80. The second kappa shape index (κ2) is 10.2. The van der Waals surface area contributed by atoms with Crippen LogP contribution in [0.1, 0.15) is 15.9 Å². The molecule has 0 fully saturated rings. The highest BCUT2D eigenvalue weighted by atomic mass is 16.6. The van der Waals surface area contributed by atoms with Crippen LogP contribution in [0.2, 0.25) is 0 Å². The van der Waals surface area contributed by atoms with E-state index in [-0.39, 0.29) is 11.3 Å². The van der Waals surface area contributed by atoms with Crippen LogP contribution in [0.4, 0.5) is 22.7 Å². The molecule has 0 saturated carbocycles. The van der Waals surface area contributed by atoms with Crippen LogP contribution in [0.25, 0.3) is 0 Å². The van der Waals surface area contributed by atoms with Gasteiger partial charge in [0.1, 0.15) is 18.0 Å². The van der Waals surface area contributed by atoms with E-state index >= 15 is 0 Å². The van der Waals surface area contributed by atoms with Gasteiger partial charge in [-0.1, -0.05) is 24.3 Å². The standard InChI is InChI=1S/C23H23N3O5/c1-16-8-10-20(22(14-16)31-13-12-30-2)25-23(27)17-9-11-19(21(15-17)26(28)29)24-18-6-4-3-5-7-18/h3-11,14-15,24H,12-13H2,1-2H3,(H,25,27). The number of benzene rings is 3. The van der Waals surface area contributed by atoms with Gasteiger partial charge in [0, 0.05) is 24.4 Å². The van der Waals surface area contributed by atoms with Crippen molar-refractivity contribution in [1.82, 2.24) is 0 Å². The van der Waals surface area contributed by atoms with Crippen LogP contribution in [0.15, 0.2) is 66.7 Å². The molecule has 3 rings (SSSR count). The van der Waals surface area contributed by atoms with Crippen molar-refractivity contribution in [2.75, 3.05) is 31.0 Å². The van der Waals surface area contributed by atoms with Crippen molar-refractivity contribution < 1.29 is 19.2 Å². The number of anilines is 3. The van der Waals surface area contributed by atoms with Crippen molar-refractivity contribution in [3.05, 3.63) is 88.0 Å². The summed E-state index contributed by atoms with van der Waals surface area (Å²) in [5.41, 5.74) is 2.41. The lowest BCUT2D eigenvalue weighted by atomic mass is 10.1. The zero-order valence-electron chi connectivity index (χ0n) is 17.3. The molecule has 2 N–H and O–H groups in total. The molecule has 0 spiro atoms. The molecular formula is C23H23N3O5. The molecule has 31 heavy (non-hydrogen) atoms. The number of aryl methyl sites for hydroxylation is 1. The fraction of sp³-hybridized carbons (Fsp3) is 0.174. The van der Waals surface area contributed by atoms with Crippen molar-refractivity contribution in [2.24, 2.45) is 0 Å². The zero-order chi connectivity index (χ0) is 22.2. The second-order valence-electron chi connectivity index (χ2n) is 6.78. The van der Waals surface area contributed by atoms with Crippen molar-refractivity contribution >= 4 is 28.7 Å². The molecule has 0 aliphatic rings. The minimum absolute atomic E-state index is 0.161. The summed E-state index contributed by atoms with van der Waals surface area (Å²) in [6.07, 6.45) is 0. The highest BCUT2D eigenvalue weighted by Crippen LogP contribution is 2.30. The van der Waals surface area contributed by atoms with Crippen molar-refractivity contribution in [3.63, 3.8) is 0 Å². The Morgan fingerprint density at radius 1 is 1.00 bits per heavy atom. The summed E-state index contributed by atoms with van der Waals surface area (Å²) in [6.45, 7) is 2.65. The van der Waals surface area contributed by atoms with Gasteiger partial charge >= 0.3 is 0 Å². The number of nitrogens with one attached hydrogen (secondary N) is 2. The third-order valence-electron chi connectivity index (χ3n) is 4.44. The van der Waals surface area contributed by atoms with Crippen LogP contribution in [0, 0.1) is 17.0 Å². The number of ether oxygens (including phenoxy) is 2. The minimum Gasteiger partial charge on any atom is -0.489 e. The molecule has 3 aromatic carbocycles. The van der Waals surface area contributed by atoms with Crippen LogP contribution >= 0.6 is 0 Å². The van der Waals surface area contributed by atoms with Gasteiger partial charge in [0.05, 0.1) is 17.2 Å². The second-order valence-corrected chi connectivity index (χ2v) is 6.78. The number of hydrogen-bond donors (Lipinski definition) is 2. The average molecular weight is 421 g/mol. The number of carbonyl (C=O) groups excluding carboxylic acids is 1. The summed E-state index contributed by atoms with van der Waals surface area (Å²) in [7, 11) is 1.57. The van der Waals surface area contributed by atoms with Crippen molar-refractivity contribution in [2.45, 2.75) is 6.92 Å². The normalized spacial score (nSPS) is 10.4. The molecule has 0 radical (unpaired) electrons. The van der Waals surface area contributed by atoms with Crippen LogP contribution in [0.5, 0.6) is 5.75 Å². The van der Waals surface area contributed by atoms with E-state index < -0.39 is 10.8 Å². The zero-order valence-corrected chi connectivity index (χ0v) is 17.3. The van der Waals surface area contributed by atoms with Crippen LogP contribution in [-0.4, -0.2) is 31.2 Å². The Balaban J connectivity index is 1.82. The number of hydrogen-bond acceptors (Lipinski definition) is 6. The minimum atomic E-state index is -0.521. The smallest absolute Gasteiger partial charge is 0.293 e. The van der Waals surface area contributed by atoms with Crippen molar-refractivity contribution in [1.29, 1.82) is 0 Å². The van der Waals surface area contributed by atoms with Gasteiger partial charge in [-0.05, 0) is 48.9 Å². The van der Waals surface area contributed by atoms with Gasteiger partial charge in [-0.25, -0.2) is 0 Å². The lowest BCUT2D eigenvalue weighted by Crippen LogP contribution is -2.14. The van der Waals surface area contributed by atoms with Gasteiger partial charge in [-0.15, -0.1) is 0 Å². The molecule has 0 aromatic heterocycles. The predicted octanol–water partition coefficient (Wildman–Crippen LogP) is 4.92. The van der Waals surface area contributed by atoms with E-state index in [9.17, 15) is 14.9 Å². The number of methoxy groups -OCH3 is 1. The molecule has 160 valence electrons. The van der Waals surface area contributed by atoms with Crippen LogP contribution in [0.3, 0.4) is 0 Å². The predicted molar refractivity (Wildman–Crippen MR) is 119 cm³/mol. The molecule has 0 unspecified atom stereocenters. The van der Waals surface area contributed by atoms with E-state index in [0.29, 0.717) is 36.0 Å². The third-order valence-corrected chi connectivity index (χ3v) is 4.44. The number of amides is 1. The summed E-state index contributed by atoms with van der Waals surface area (Å²) in [4.78, 5) is 23.9. The number of nitro groups is 1. The number of nitrogens with zero attached hydrogens (tertiary/aromatic N) is 1. The Bertz CT molecular complexity index is 1070. The number of nitro benzene ring substituents is 1. The largest absolute Gasteiger partial charge is 0.489 e. The summed E-state index contributed by atoms with van der Waals surface area (Å²) >= 11 is 0. The molecule has 0 aliphatic carbocycles. The first-order chi connectivity index (χ1) is 15.0. The quantitative estimate of drug-likeness (QED) is 0.289. The molecule has 3 aromatic rings. The lowest BCUT2D eigenvalue weighted by Gasteiger charge is -2.14. The number of carbonyl (C=O) groups is 1. The van der Waals surface area contributed by atoms with Gasteiger partial charge < -0.3 is 20.1 Å². The maximum absolute atomic E-state index is 12.8. The Kier molecular flexibility index (Phi) is 7.18. The Morgan fingerprint density at radius 3 is 2.45 bits per heavy atom. The van der Waals surface area contributed by atoms with E-state index in [4.69, 9.17) is 9.47 Å². The van der Waals surface area contributed by atoms with Gasteiger partial charge in [0.2, 0.25) is 0 Å². The molecular weight excluding hydrogens is 398 g/mol. The van der Waals surface area contributed by atoms with E-state index in [1.807, 2.05) is 31.2 Å².